The number of nitrogens with two attached hydrogens (primary N) is 1. The number of anilines is 1. The molecule has 0 saturated carbocycles. The Kier molecular flexibility index (Phi) is 9.12. The van der Waals surface area contributed by atoms with Crippen LogP contribution in [0.5, 0.6) is 11.5 Å². The topological polar surface area (TPSA) is 80.0 Å². The van der Waals surface area contributed by atoms with Gasteiger partial charge in [-0.3, -0.25) is 9.79 Å². The van der Waals surface area contributed by atoms with E-state index >= 15 is 0 Å². The number of halogens is 1. The summed E-state index contributed by atoms with van der Waals surface area (Å²) in [4.78, 5) is 18.8. The summed E-state index contributed by atoms with van der Waals surface area (Å²) < 4.78 is 5.84. The van der Waals surface area contributed by atoms with Crippen LogP contribution in [0.2, 0.25) is 0 Å². The van der Waals surface area contributed by atoms with Gasteiger partial charge in [-0.2, -0.15) is 0 Å². The number of guanidine groups is 1. The summed E-state index contributed by atoms with van der Waals surface area (Å²) in [5.74, 6) is 1.98. The predicted octanol–water partition coefficient (Wildman–Crippen LogP) is 5.19. The van der Waals surface area contributed by atoms with E-state index in [1.807, 2.05) is 65.6 Å². The lowest BCUT2D eigenvalue weighted by molar-refractivity contribution is -0.132. The number of hydrogen-bond donors (Lipinski definition) is 2. The molecule has 0 aromatic heterocycles. The third-order valence-electron chi connectivity index (χ3n) is 5.40. The number of aliphatic imine (C=N–C) groups is 1. The third-order valence-corrected chi connectivity index (χ3v) is 5.40. The van der Waals surface area contributed by atoms with Gasteiger partial charge >= 0.3 is 0 Å². The lowest BCUT2D eigenvalue weighted by Gasteiger charge is -2.28. The van der Waals surface area contributed by atoms with Gasteiger partial charge in [0.25, 0.3) is 0 Å². The molecule has 1 amide bonds. The van der Waals surface area contributed by atoms with Crippen LogP contribution in [0.1, 0.15) is 24.0 Å². The molecule has 0 bridgehead atoms. The van der Waals surface area contributed by atoms with Crippen molar-refractivity contribution in [2.45, 2.75) is 25.8 Å². The summed E-state index contributed by atoms with van der Waals surface area (Å²) in [5.41, 5.74) is 9.41. The van der Waals surface area contributed by atoms with Gasteiger partial charge in [0.05, 0.1) is 0 Å². The number of hydrogen-bond acceptors (Lipinski definition) is 3. The standard InChI is InChI=1S/C26H28N4O2.HI/c27-26(29-22-10-6-13-24(18-22)32-23-11-2-1-3-12-23)28-16-7-14-25(31)30-17-15-20-8-4-5-9-21(20)19-30;/h1-6,8-13,18H,7,14-17,19H2,(H3,27,28,29);1H. The maximum absolute atomic E-state index is 12.5. The number of carbonyl (C=O) groups excluding carboxylic acids is 1. The van der Waals surface area contributed by atoms with Gasteiger partial charge in [-0.25, -0.2) is 0 Å². The number of rotatable bonds is 7. The zero-order valence-electron chi connectivity index (χ0n) is 18.4. The molecule has 0 aliphatic carbocycles. The highest BCUT2D eigenvalue weighted by atomic mass is 127. The Hall–Kier alpha value is -3.07. The lowest BCUT2D eigenvalue weighted by atomic mass is 9.99. The first-order valence-corrected chi connectivity index (χ1v) is 10.9. The Bertz CT molecular complexity index is 1090. The zero-order valence-corrected chi connectivity index (χ0v) is 20.8. The van der Waals surface area contributed by atoms with E-state index in [9.17, 15) is 4.79 Å². The molecule has 6 nitrogen and oxygen atoms in total. The Balaban J connectivity index is 0.00000306. The molecule has 0 unspecified atom stereocenters. The second-order valence-electron chi connectivity index (χ2n) is 7.77. The number of nitrogens with one attached hydrogen (secondary N) is 1. The minimum absolute atomic E-state index is 0. The summed E-state index contributed by atoms with van der Waals surface area (Å²) >= 11 is 0. The first-order valence-electron chi connectivity index (χ1n) is 10.9. The number of amides is 1. The van der Waals surface area contributed by atoms with Gasteiger partial charge in [0.1, 0.15) is 11.5 Å². The van der Waals surface area contributed by atoms with Crippen molar-refractivity contribution in [3.63, 3.8) is 0 Å². The Morgan fingerprint density at radius 2 is 1.70 bits per heavy atom. The number of fused-ring (bicyclic) bond motifs is 1. The normalized spacial score (nSPS) is 13.0. The smallest absolute Gasteiger partial charge is 0.222 e. The number of benzene rings is 3. The molecule has 3 N–H and O–H groups in total. The van der Waals surface area contributed by atoms with Crippen molar-refractivity contribution in [3.05, 3.63) is 90.0 Å². The van der Waals surface area contributed by atoms with Crippen molar-refractivity contribution in [1.29, 1.82) is 0 Å². The molecule has 0 radical (unpaired) electrons. The number of para-hydroxylation sites is 1. The Morgan fingerprint density at radius 1 is 0.970 bits per heavy atom. The van der Waals surface area contributed by atoms with E-state index in [1.54, 1.807) is 0 Å². The number of carbonyl (C=O) groups is 1. The molecule has 0 atom stereocenters. The zero-order chi connectivity index (χ0) is 22.2. The van der Waals surface area contributed by atoms with Gasteiger partial charge < -0.3 is 20.7 Å². The monoisotopic (exact) mass is 556 g/mol. The average molecular weight is 556 g/mol. The number of nitrogens with zero attached hydrogens (tertiary/aromatic N) is 2. The second kappa shape index (κ2) is 12.2. The molecule has 3 aromatic carbocycles. The van der Waals surface area contributed by atoms with E-state index in [0.717, 1.165) is 24.4 Å². The maximum atomic E-state index is 12.5. The van der Waals surface area contributed by atoms with Crippen LogP contribution < -0.4 is 15.8 Å². The van der Waals surface area contributed by atoms with Crippen molar-refractivity contribution in [2.24, 2.45) is 10.7 Å². The molecule has 172 valence electrons. The molecule has 7 heteroatoms. The Labute approximate surface area is 211 Å². The fourth-order valence-electron chi connectivity index (χ4n) is 3.75. The molecule has 0 fully saturated rings. The van der Waals surface area contributed by atoms with Crippen LogP contribution in [-0.2, 0) is 17.8 Å². The lowest BCUT2D eigenvalue weighted by Crippen LogP contribution is -2.35. The first kappa shape index (κ1) is 24.6. The van der Waals surface area contributed by atoms with Gasteiger partial charge in [-0.05, 0) is 48.2 Å². The summed E-state index contributed by atoms with van der Waals surface area (Å²) in [7, 11) is 0. The van der Waals surface area contributed by atoms with Gasteiger partial charge in [-0.15, -0.1) is 24.0 Å². The van der Waals surface area contributed by atoms with Crippen LogP contribution in [-0.4, -0.2) is 29.9 Å². The minimum atomic E-state index is 0. The molecule has 4 rings (SSSR count). The van der Waals surface area contributed by atoms with E-state index in [1.165, 1.54) is 11.1 Å². The molecule has 1 aliphatic heterocycles. The van der Waals surface area contributed by atoms with Crippen LogP contribution in [0.15, 0.2) is 83.9 Å². The predicted molar refractivity (Wildman–Crippen MR) is 143 cm³/mol. The third kappa shape index (κ3) is 7.21. The minimum Gasteiger partial charge on any atom is -0.457 e. The van der Waals surface area contributed by atoms with Gasteiger partial charge in [0.2, 0.25) is 5.91 Å². The summed E-state index contributed by atoms with van der Waals surface area (Å²) in [5, 5.41) is 3.08. The average Bonchev–Trinajstić information content (AvgIpc) is 2.82. The van der Waals surface area contributed by atoms with Crippen LogP contribution in [0.3, 0.4) is 0 Å². The quantitative estimate of drug-likeness (QED) is 0.182. The highest BCUT2D eigenvalue weighted by Gasteiger charge is 2.19. The maximum Gasteiger partial charge on any atom is 0.222 e. The fourth-order valence-corrected chi connectivity index (χ4v) is 3.75. The molecule has 0 saturated heterocycles. The van der Waals surface area contributed by atoms with Crippen molar-refractivity contribution in [3.8, 4) is 11.5 Å². The van der Waals surface area contributed by atoms with Gasteiger partial charge in [0, 0.05) is 37.8 Å². The number of ether oxygens (including phenoxy) is 1. The van der Waals surface area contributed by atoms with Crippen LogP contribution in [0.25, 0.3) is 0 Å². The van der Waals surface area contributed by atoms with Crippen LogP contribution >= 0.6 is 24.0 Å². The van der Waals surface area contributed by atoms with Crippen molar-refractivity contribution in [1.82, 2.24) is 4.90 Å². The highest BCUT2D eigenvalue weighted by Crippen LogP contribution is 2.24. The van der Waals surface area contributed by atoms with Gasteiger partial charge in [-0.1, -0.05) is 48.5 Å². The van der Waals surface area contributed by atoms with E-state index in [0.29, 0.717) is 37.6 Å². The van der Waals surface area contributed by atoms with E-state index in [4.69, 9.17) is 10.5 Å². The van der Waals surface area contributed by atoms with Crippen LogP contribution in [0.4, 0.5) is 5.69 Å². The molecule has 1 heterocycles. The van der Waals surface area contributed by atoms with Gasteiger partial charge in [0.15, 0.2) is 5.96 Å². The van der Waals surface area contributed by atoms with E-state index in [-0.39, 0.29) is 29.9 Å². The van der Waals surface area contributed by atoms with E-state index in [2.05, 4.69) is 28.5 Å². The molecule has 0 spiro atoms. The van der Waals surface area contributed by atoms with E-state index < -0.39 is 0 Å². The second-order valence-corrected chi connectivity index (χ2v) is 7.77. The van der Waals surface area contributed by atoms with Crippen LogP contribution in [0, 0.1) is 0 Å². The summed E-state index contributed by atoms with van der Waals surface area (Å²) in [6, 6.07) is 25.5. The summed E-state index contributed by atoms with van der Waals surface area (Å²) in [6.07, 6.45) is 2.06. The summed E-state index contributed by atoms with van der Waals surface area (Å²) in [6.45, 7) is 1.97. The molecule has 33 heavy (non-hydrogen) atoms. The fraction of sp³-hybridized carbons (Fsp3) is 0.231. The highest BCUT2D eigenvalue weighted by molar-refractivity contribution is 14.0. The molecular weight excluding hydrogens is 527 g/mol. The molecule has 3 aromatic rings. The van der Waals surface area contributed by atoms with Crippen molar-refractivity contribution < 1.29 is 9.53 Å². The largest absolute Gasteiger partial charge is 0.457 e. The first-order chi connectivity index (χ1) is 15.7. The molecule has 1 aliphatic rings. The Morgan fingerprint density at radius 3 is 2.52 bits per heavy atom. The molecular formula is C26H29IN4O2. The van der Waals surface area contributed by atoms with Crippen molar-refractivity contribution in [2.75, 3.05) is 18.4 Å². The SMILES string of the molecule is I.NC(=NCCCC(=O)N1CCc2ccccc2C1)Nc1cccc(Oc2ccccc2)c1. The van der Waals surface area contributed by atoms with Crippen molar-refractivity contribution >= 4 is 41.5 Å².